The average molecular weight is 339 g/mol. The molecule has 0 aliphatic heterocycles. The molecule has 1 unspecified atom stereocenters. The van der Waals surface area contributed by atoms with E-state index in [0.717, 1.165) is 33.4 Å². The van der Waals surface area contributed by atoms with Gasteiger partial charge in [-0.1, -0.05) is 42.0 Å². The summed E-state index contributed by atoms with van der Waals surface area (Å²) in [5.41, 5.74) is 5.84. The molecule has 1 N–H and O–H groups in total. The zero-order valence-corrected chi connectivity index (χ0v) is 15.5. The lowest BCUT2D eigenvalue weighted by Crippen LogP contribution is -2.36. The molecule has 4 nitrogen and oxygen atoms in total. The van der Waals surface area contributed by atoms with Gasteiger partial charge in [0.1, 0.15) is 0 Å². The molecule has 0 fully saturated rings. The lowest BCUT2D eigenvalue weighted by atomic mass is 9.93. The number of amides is 1. The first kappa shape index (κ1) is 18.7. The fourth-order valence-electron chi connectivity index (χ4n) is 3.21. The third-order valence-corrected chi connectivity index (χ3v) is 4.38. The van der Waals surface area contributed by atoms with Gasteiger partial charge in [0.25, 0.3) is 0 Å². The van der Waals surface area contributed by atoms with Crippen molar-refractivity contribution in [3.63, 3.8) is 0 Å². The van der Waals surface area contributed by atoms with Crippen LogP contribution in [0.5, 0.6) is 0 Å². The second-order valence-electron chi connectivity index (χ2n) is 6.44. The van der Waals surface area contributed by atoms with Crippen molar-refractivity contribution in [2.75, 3.05) is 7.11 Å². The van der Waals surface area contributed by atoms with Gasteiger partial charge in [-0.2, -0.15) is 0 Å². The summed E-state index contributed by atoms with van der Waals surface area (Å²) in [7, 11) is 1.34. The molecule has 2 aromatic rings. The summed E-state index contributed by atoms with van der Waals surface area (Å²) < 4.78 is 4.93. The first-order valence-electron chi connectivity index (χ1n) is 8.33. The topological polar surface area (TPSA) is 55.4 Å². The van der Waals surface area contributed by atoms with Crippen molar-refractivity contribution < 1.29 is 14.3 Å². The van der Waals surface area contributed by atoms with Crippen LogP contribution in [-0.2, 0) is 20.7 Å². The van der Waals surface area contributed by atoms with Gasteiger partial charge < -0.3 is 10.1 Å². The van der Waals surface area contributed by atoms with Crippen LogP contribution in [0.15, 0.2) is 36.4 Å². The Morgan fingerprint density at radius 3 is 2.16 bits per heavy atom. The molecule has 132 valence electrons. The van der Waals surface area contributed by atoms with Crippen molar-refractivity contribution in [1.82, 2.24) is 5.32 Å². The van der Waals surface area contributed by atoms with Crippen molar-refractivity contribution in [1.29, 1.82) is 0 Å². The number of methoxy groups -OCH3 is 1. The molecule has 2 rings (SSSR count). The number of hydrogen-bond donors (Lipinski definition) is 1. The molecule has 0 spiro atoms. The first-order valence-corrected chi connectivity index (χ1v) is 8.33. The minimum absolute atomic E-state index is 0.205. The van der Waals surface area contributed by atoms with E-state index in [2.05, 4.69) is 5.32 Å². The van der Waals surface area contributed by atoms with Crippen LogP contribution in [0, 0.1) is 27.7 Å². The maximum atomic E-state index is 12.5. The van der Waals surface area contributed by atoms with Crippen LogP contribution in [-0.4, -0.2) is 19.0 Å². The SMILES string of the molecule is COC(=O)C(NC(=O)Cc1ccccc1C)c1c(C)cc(C)cc1C. The number of carbonyl (C=O) groups excluding carboxylic acids is 2. The summed E-state index contributed by atoms with van der Waals surface area (Å²) >= 11 is 0. The molecule has 4 heteroatoms. The van der Waals surface area contributed by atoms with Crippen molar-refractivity contribution >= 4 is 11.9 Å². The first-order chi connectivity index (χ1) is 11.8. The number of rotatable bonds is 5. The maximum Gasteiger partial charge on any atom is 0.333 e. The maximum absolute atomic E-state index is 12.5. The molecule has 2 aromatic carbocycles. The molecule has 0 saturated carbocycles. The van der Waals surface area contributed by atoms with Gasteiger partial charge in [0, 0.05) is 0 Å². The van der Waals surface area contributed by atoms with Crippen LogP contribution in [0.4, 0.5) is 0 Å². The van der Waals surface area contributed by atoms with E-state index in [1.807, 2.05) is 64.1 Å². The van der Waals surface area contributed by atoms with E-state index in [4.69, 9.17) is 4.74 Å². The third-order valence-electron chi connectivity index (χ3n) is 4.38. The second-order valence-corrected chi connectivity index (χ2v) is 6.44. The molecule has 25 heavy (non-hydrogen) atoms. The lowest BCUT2D eigenvalue weighted by molar-refractivity contribution is -0.145. The molecule has 0 aliphatic carbocycles. The Labute approximate surface area is 149 Å². The highest BCUT2D eigenvalue weighted by atomic mass is 16.5. The van der Waals surface area contributed by atoms with Crippen LogP contribution in [0.25, 0.3) is 0 Å². The molecule has 0 saturated heterocycles. The third kappa shape index (κ3) is 4.47. The number of ether oxygens (including phenoxy) is 1. The number of benzene rings is 2. The Hall–Kier alpha value is -2.62. The van der Waals surface area contributed by atoms with Crippen LogP contribution < -0.4 is 5.32 Å². The minimum atomic E-state index is -0.804. The van der Waals surface area contributed by atoms with Crippen molar-refractivity contribution in [3.05, 3.63) is 69.8 Å². The minimum Gasteiger partial charge on any atom is -0.467 e. The Kier molecular flexibility index (Phi) is 5.97. The Balaban J connectivity index is 2.29. The molecule has 0 heterocycles. The molecule has 1 amide bonds. The highest BCUT2D eigenvalue weighted by Gasteiger charge is 2.27. The van der Waals surface area contributed by atoms with Gasteiger partial charge in [0.2, 0.25) is 5.91 Å². The number of aryl methyl sites for hydroxylation is 4. The van der Waals surface area contributed by atoms with E-state index in [9.17, 15) is 9.59 Å². The summed E-state index contributed by atoms with van der Waals surface area (Å²) in [5, 5.41) is 2.85. The largest absolute Gasteiger partial charge is 0.467 e. The summed E-state index contributed by atoms with van der Waals surface area (Å²) in [6, 6.07) is 10.9. The normalized spacial score (nSPS) is 11.7. The van der Waals surface area contributed by atoms with E-state index < -0.39 is 12.0 Å². The van der Waals surface area contributed by atoms with Crippen LogP contribution >= 0.6 is 0 Å². The predicted octanol–water partition coefficient (Wildman–Crippen LogP) is 3.49. The molecule has 0 radical (unpaired) electrons. The van der Waals surface area contributed by atoms with E-state index in [0.29, 0.717) is 0 Å². The Morgan fingerprint density at radius 1 is 1.00 bits per heavy atom. The monoisotopic (exact) mass is 339 g/mol. The predicted molar refractivity (Wildman–Crippen MR) is 98.4 cm³/mol. The molecule has 0 aromatic heterocycles. The second kappa shape index (κ2) is 7.97. The fourth-order valence-corrected chi connectivity index (χ4v) is 3.21. The van der Waals surface area contributed by atoms with E-state index >= 15 is 0 Å². The molecule has 0 bridgehead atoms. The number of esters is 1. The summed E-state index contributed by atoms with van der Waals surface area (Å²) in [4.78, 5) is 24.9. The molecular weight excluding hydrogens is 314 g/mol. The van der Waals surface area contributed by atoms with E-state index in [1.54, 1.807) is 0 Å². The number of hydrogen-bond acceptors (Lipinski definition) is 3. The highest BCUT2D eigenvalue weighted by Crippen LogP contribution is 2.25. The number of nitrogens with one attached hydrogen (secondary N) is 1. The van der Waals surface area contributed by atoms with Gasteiger partial charge >= 0.3 is 5.97 Å². The summed E-state index contributed by atoms with van der Waals surface area (Å²) in [5.74, 6) is -0.669. The molecular formula is C21H25NO3. The van der Waals surface area contributed by atoms with E-state index in [1.165, 1.54) is 7.11 Å². The standard InChI is InChI=1S/C21H25NO3/c1-13-10-15(3)19(16(4)11-13)20(21(24)25-5)22-18(23)12-17-9-7-6-8-14(17)2/h6-11,20H,12H2,1-5H3,(H,22,23). The van der Waals surface area contributed by atoms with Gasteiger partial charge in [0.15, 0.2) is 6.04 Å². The van der Waals surface area contributed by atoms with Crippen molar-refractivity contribution in [3.8, 4) is 0 Å². The smallest absolute Gasteiger partial charge is 0.333 e. The summed E-state index contributed by atoms with van der Waals surface area (Å²) in [6.45, 7) is 7.86. The van der Waals surface area contributed by atoms with E-state index in [-0.39, 0.29) is 12.3 Å². The average Bonchev–Trinajstić information content (AvgIpc) is 2.54. The Bertz CT molecular complexity index is 772. The van der Waals surface area contributed by atoms with Crippen LogP contribution in [0.2, 0.25) is 0 Å². The van der Waals surface area contributed by atoms with Crippen LogP contribution in [0.3, 0.4) is 0 Å². The van der Waals surface area contributed by atoms with Gasteiger partial charge in [-0.15, -0.1) is 0 Å². The van der Waals surface area contributed by atoms with Crippen molar-refractivity contribution in [2.45, 2.75) is 40.2 Å². The highest BCUT2D eigenvalue weighted by molar-refractivity contribution is 5.87. The quantitative estimate of drug-likeness (QED) is 0.848. The number of carbonyl (C=O) groups is 2. The van der Waals surface area contributed by atoms with Gasteiger partial charge in [-0.3, -0.25) is 4.79 Å². The lowest BCUT2D eigenvalue weighted by Gasteiger charge is -2.21. The Morgan fingerprint density at radius 2 is 1.60 bits per heavy atom. The zero-order valence-electron chi connectivity index (χ0n) is 15.5. The van der Waals surface area contributed by atoms with Gasteiger partial charge in [-0.05, 0) is 55.5 Å². The zero-order chi connectivity index (χ0) is 18.6. The van der Waals surface area contributed by atoms with Crippen molar-refractivity contribution in [2.24, 2.45) is 0 Å². The molecule has 0 aliphatic rings. The summed E-state index contributed by atoms with van der Waals surface area (Å²) in [6.07, 6.45) is 0.226. The van der Waals surface area contributed by atoms with Crippen LogP contribution in [0.1, 0.15) is 39.4 Å². The van der Waals surface area contributed by atoms with Gasteiger partial charge in [-0.25, -0.2) is 4.79 Å². The fraction of sp³-hybridized carbons (Fsp3) is 0.333. The van der Waals surface area contributed by atoms with Gasteiger partial charge in [0.05, 0.1) is 13.5 Å². The molecule has 1 atom stereocenters.